The number of sulfonamides is 1. The van der Waals surface area contributed by atoms with Gasteiger partial charge in [0.05, 0.1) is 0 Å². The average molecular weight is 381 g/mol. The second-order valence-corrected chi connectivity index (χ2v) is 11.2. The number of nitrogens with one attached hydrogen (secondary N) is 2. The predicted molar refractivity (Wildman–Crippen MR) is 97.2 cm³/mol. The maximum Gasteiger partial charge on any atom is 0.287 e. The van der Waals surface area contributed by atoms with Crippen molar-refractivity contribution in [1.82, 2.24) is 10.0 Å². The monoisotopic (exact) mass is 380 g/mol. The van der Waals surface area contributed by atoms with E-state index in [0.717, 1.165) is 37.0 Å². The molecule has 0 aliphatic heterocycles. The van der Waals surface area contributed by atoms with Gasteiger partial charge < -0.3 is 9.73 Å². The van der Waals surface area contributed by atoms with Gasteiger partial charge in [0, 0.05) is 11.1 Å². The first kappa shape index (κ1) is 18.0. The fourth-order valence-electron chi connectivity index (χ4n) is 5.61. The summed E-state index contributed by atoms with van der Waals surface area (Å²) in [5.74, 6) is 1.94. The van der Waals surface area contributed by atoms with Crippen molar-refractivity contribution in [3.8, 4) is 0 Å². The molecule has 1 amide bonds. The fourth-order valence-corrected chi connectivity index (χ4v) is 6.96. The minimum Gasteiger partial charge on any atom is -0.438 e. The van der Waals surface area contributed by atoms with Gasteiger partial charge >= 0.3 is 0 Å². The van der Waals surface area contributed by atoms with Crippen molar-refractivity contribution < 1.29 is 17.6 Å². The van der Waals surface area contributed by atoms with E-state index in [1.54, 1.807) is 20.8 Å². The highest BCUT2D eigenvalue weighted by molar-refractivity contribution is 7.89. The number of furan rings is 1. The van der Waals surface area contributed by atoms with Crippen LogP contribution in [0.25, 0.3) is 0 Å². The van der Waals surface area contributed by atoms with Crippen LogP contribution in [-0.2, 0) is 10.0 Å². The van der Waals surface area contributed by atoms with Crippen LogP contribution in [0.5, 0.6) is 0 Å². The Balaban J connectivity index is 1.49. The predicted octanol–water partition coefficient (Wildman–Crippen LogP) is 3.06. The minimum atomic E-state index is -3.78. The molecule has 0 aromatic carbocycles. The molecule has 2 N–H and O–H groups in total. The van der Waals surface area contributed by atoms with Crippen LogP contribution in [0.2, 0.25) is 0 Å². The molecule has 0 atom stereocenters. The molecule has 0 unspecified atom stereocenters. The molecule has 4 aliphatic rings. The van der Waals surface area contributed by atoms with E-state index < -0.39 is 15.6 Å². The highest BCUT2D eigenvalue weighted by atomic mass is 32.2. The summed E-state index contributed by atoms with van der Waals surface area (Å²) in [6, 6.07) is 2.80. The molecule has 0 radical (unpaired) electrons. The first-order valence-electron chi connectivity index (χ1n) is 9.50. The Hall–Kier alpha value is -1.34. The Morgan fingerprint density at radius 1 is 1.08 bits per heavy atom. The van der Waals surface area contributed by atoms with Crippen LogP contribution in [0.4, 0.5) is 0 Å². The molecule has 4 saturated carbocycles. The van der Waals surface area contributed by atoms with Gasteiger partial charge in [0.15, 0.2) is 5.76 Å². The molecule has 1 aromatic rings. The summed E-state index contributed by atoms with van der Waals surface area (Å²) in [5, 5.41) is 2.99. The van der Waals surface area contributed by atoms with Gasteiger partial charge in [-0.25, -0.2) is 13.1 Å². The van der Waals surface area contributed by atoms with Gasteiger partial charge in [0.25, 0.3) is 15.9 Å². The van der Waals surface area contributed by atoms with E-state index in [0.29, 0.717) is 0 Å². The first-order chi connectivity index (χ1) is 12.0. The maximum atomic E-state index is 12.7. The van der Waals surface area contributed by atoms with E-state index in [1.165, 1.54) is 31.4 Å². The van der Waals surface area contributed by atoms with E-state index in [-0.39, 0.29) is 22.3 Å². The molecule has 4 aliphatic carbocycles. The van der Waals surface area contributed by atoms with E-state index >= 15 is 0 Å². The SMILES string of the molecule is CC(C)(C)NS(=O)(=O)c1ccc(C(=O)NC23CC4CC(CC(C4)C2)C3)o1. The molecule has 4 bridgehead atoms. The van der Waals surface area contributed by atoms with E-state index in [2.05, 4.69) is 10.0 Å². The number of amides is 1. The van der Waals surface area contributed by atoms with Crippen molar-refractivity contribution in [2.45, 2.75) is 75.5 Å². The van der Waals surface area contributed by atoms with Crippen LogP contribution in [0.15, 0.2) is 21.6 Å². The molecule has 6 nitrogen and oxygen atoms in total. The third-order valence-corrected chi connectivity index (χ3v) is 7.56. The van der Waals surface area contributed by atoms with Crippen LogP contribution < -0.4 is 10.0 Å². The Kier molecular flexibility index (Phi) is 4.04. The van der Waals surface area contributed by atoms with Crippen molar-refractivity contribution in [1.29, 1.82) is 0 Å². The molecule has 26 heavy (non-hydrogen) atoms. The lowest BCUT2D eigenvalue weighted by atomic mass is 9.53. The van der Waals surface area contributed by atoms with Crippen LogP contribution in [0.3, 0.4) is 0 Å². The highest BCUT2D eigenvalue weighted by Crippen LogP contribution is 2.55. The van der Waals surface area contributed by atoms with Crippen LogP contribution >= 0.6 is 0 Å². The molecule has 1 aromatic heterocycles. The zero-order chi connectivity index (χ0) is 18.7. The standard InChI is InChI=1S/C19H28N2O4S/c1-18(2,3)21-26(23,24)16-5-4-15(25-16)17(22)20-19-9-12-6-13(10-19)8-14(7-12)11-19/h4-5,12-14,21H,6-11H2,1-3H3,(H,20,22). The molecule has 1 heterocycles. The zero-order valence-corrected chi connectivity index (χ0v) is 16.5. The lowest BCUT2D eigenvalue weighted by Crippen LogP contribution is -2.59. The van der Waals surface area contributed by atoms with Gasteiger partial charge in [-0.2, -0.15) is 0 Å². The number of carbonyl (C=O) groups is 1. The van der Waals surface area contributed by atoms with Gasteiger partial charge in [-0.05, 0) is 89.2 Å². The fraction of sp³-hybridized carbons (Fsp3) is 0.737. The maximum absolute atomic E-state index is 12.7. The zero-order valence-electron chi connectivity index (χ0n) is 15.7. The van der Waals surface area contributed by atoms with Gasteiger partial charge in [0.1, 0.15) is 0 Å². The summed E-state index contributed by atoms with van der Waals surface area (Å²) in [6.45, 7) is 5.27. The number of rotatable bonds is 4. The van der Waals surface area contributed by atoms with Gasteiger partial charge in [-0.1, -0.05) is 0 Å². The van der Waals surface area contributed by atoms with Crippen molar-refractivity contribution in [2.24, 2.45) is 17.8 Å². The molecule has 4 fully saturated rings. The Bertz CT molecular complexity index is 784. The van der Waals surface area contributed by atoms with Crippen LogP contribution in [0, 0.1) is 17.8 Å². The molecule has 7 heteroatoms. The quantitative estimate of drug-likeness (QED) is 0.840. The van der Waals surface area contributed by atoms with Crippen molar-refractivity contribution in [3.05, 3.63) is 17.9 Å². The third kappa shape index (κ3) is 3.43. The van der Waals surface area contributed by atoms with Crippen molar-refractivity contribution >= 4 is 15.9 Å². The summed E-state index contributed by atoms with van der Waals surface area (Å²) in [5.41, 5.74) is -0.742. The van der Waals surface area contributed by atoms with Crippen LogP contribution in [0.1, 0.15) is 69.9 Å². The number of hydrogen-bond donors (Lipinski definition) is 2. The van der Waals surface area contributed by atoms with Crippen molar-refractivity contribution in [2.75, 3.05) is 0 Å². The molecule has 5 rings (SSSR count). The second kappa shape index (κ2) is 5.83. The lowest BCUT2D eigenvalue weighted by molar-refractivity contribution is -0.0172. The topological polar surface area (TPSA) is 88.4 Å². The average Bonchev–Trinajstić information content (AvgIpc) is 2.93. The summed E-state index contributed by atoms with van der Waals surface area (Å²) < 4.78 is 32.7. The first-order valence-corrected chi connectivity index (χ1v) is 11.0. The van der Waals surface area contributed by atoms with Gasteiger partial charge in [-0.15, -0.1) is 0 Å². The van der Waals surface area contributed by atoms with Crippen molar-refractivity contribution in [3.63, 3.8) is 0 Å². The lowest BCUT2D eigenvalue weighted by Gasteiger charge is -2.56. The molecule has 0 saturated heterocycles. The minimum absolute atomic E-state index is 0.0648. The normalized spacial score (nSPS) is 33.4. The molecule has 144 valence electrons. The molecular weight excluding hydrogens is 352 g/mol. The van der Waals surface area contributed by atoms with E-state index in [1.807, 2.05) is 0 Å². The number of hydrogen-bond acceptors (Lipinski definition) is 4. The van der Waals surface area contributed by atoms with Crippen LogP contribution in [-0.4, -0.2) is 25.4 Å². The van der Waals surface area contributed by atoms with E-state index in [4.69, 9.17) is 4.42 Å². The number of carbonyl (C=O) groups excluding carboxylic acids is 1. The second-order valence-electron chi connectivity index (χ2n) is 9.63. The largest absolute Gasteiger partial charge is 0.438 e. The Morgan fingerprint density at radius 3 is 2.12 bits per heavy atom. The summed E-state index contributed by atoms with van der Waals surface area (Å²) in [4.78, 5) is 12.7. The van der Waals surface area contributed by atoms with Gasteiger partial charge in [0.2, 0.25) is 5.09 Å². The highest BCUT2D eigenvalue weighted by Gasteiger charge is 2.51. The smallest absolute Gasteiger partial charge is 0.287 e. The Morgan fingerprint density at radius 2 is 1.62 bits per heavy atom. The molecular formula is C19H28N2O4S. The summed E-state index contributed by atoms with van der Waals surface area (Å²) >= 11 is 0. The summed E-state index contributed by atoms with van der Waals surface area (Å²) in [7, 11) is -3.78. The molecule has 0 spiro atoms. The van der Waals surface area contributed by atoms with E-state index in [9.17, 15) is 13.2 Å². The summed E-state index contributed by atoms with van der Waals surface area (Å²) in [6.07, 6.45) is 7.04. The Labute approximate surface area is 155 Å². The third-order valence-electron chi connectivity index (χ3n) is 5.93. The van der Waals surface area contributed by atoms with Gasteiger partial charge in [-0.3, -0.25) is 4.79 Å².